The van der Waals surface area contributed by atoms with Crippen LogP contribution in [0.25, 0.3) is 10.9 Å². The van der Waals surface area contributed by atoms with Gasteiger partial charge in [0, 0.05) is 18.5 Å². The Kier molecular flexibility index (Phi) is 3.62. The first-order chi connectivity index (χ1) is 9.65. The molecule has 1 aliphatic heterocycles. The summed E-state index contributed by atoms with van der Waals surface area (Å²) in [4.78, 5) is 18.6. The Bertz CT molecular complexity index is 663. The summed E-state index contributed by atoms with van der Waals surface area (Å²) in [5.41, 5.74) is 2.61. The van der Waals surface area contributed by atoms with Gasteiger partial charge in [-0.3, -0.25) is 4.79 Å². The molecule has 0 N–H and O–H groups in total. The van der Waals surface area contributed by atoms with Crippen molar-refractivity contribution >= 4 is 33.6 Å². The van der Waals surface area contributed by atoms with Crippen LogP contribution in [0.2, 0.25) is 0 Å². The fourth-order valence-electron chi connectivity index (χ4n) is 2.76. The largest absolute Gasteiger partial charge is 0.356 e. The maximum absolute atomic E-state index is 11.7. The predicted octanol–water partition coefficient (Wildman–Crippen LogP) is 3.91. The van der Waals surface area contributed by atoms with Crippen LogP contribution in [0, 0.1) is 6.92 Å². The zero-order chi connectivity index (χ0) is 14.1. The van der Waals surface area contributed by atoms with Crippen molar-refractivity contribution in [1.29, 1.82) is 0 Å². The normalized spacial score (nSPS) is 15.6. The molecule has 0 unspecified atom stereocenters. The molecule has 0 amide bonds. The summed E-state index contributed by atoms with van der Waals surface area (Å²) in [5, 5.41) is 0.529. The van der Waals surface area contributed by atoms with Crippen LogP contribution < -0.4 is 4.90 Å². The van der Waals surface area contributed by atoms with E-state index in [-0.39, 0.29) is 0 Å². The number of halogens is 1. The van der Waals surface area contributed by atoms with Gasteiger partial charge in [0.1, 0.15) is 5.82 Å². The number of aryl methyl sites for hydroxylation is 1. The van der Waals surface area contributed by atoms with Crippen molar-refractivity contribution in [3.63, 3.8) is 0 Å². The molecule has 20 heavy (non-hydrogen) atoms. The summed E-state index contributed by atoms with van der Waals surface area (Å²) < 4.78 is 0. The highest BCUT2D eigenvalue weighted by Gasteiger charge is 2.20. The second kappa shape index (κ2) is 5.41. The monoisotopic (exact) mass is 288 g/mol. The van der Waals surface area contributed by atoms with E-state index in [1.165, 1.54) is 12.0 Å². The molecule has 0 radical (unpaired) electrons. The van der Waals surface area contributed by atoms with E-state index in [4.69, 9.17) is 16.6 Å². The number of rotatable bonds is 2. The highest BCUT2D eigenvalue weighted by molar-refractivity contribution is 6.68. The van der Waals surface area contributed by atoms with Crippen LogP contribution in [0.3, 0.4) is 0 Å². The first-order valence-electron chi connectivity index (χ1n) is 7.01. The molecular formula is C16H17ClN2O. The number of carbonyl (C=O) groups is 1. The Morgan fingerprint density at radius 1 is 1.20 bits per heavy atom. The lowest BCUT2D eigenvalue weighted by molar-refractivity contribution is 0.108. The SMILES string of the molecule is Cc1ccc2cc(C(=O)Cl)c(N3CCCCC3)nc2c1. The Morgan fingerprint density at radius 3 is 2.65 bits per heavy atom. The molecule has 0 atom stereocenters. The molecule has 0 bridgehead atoms. The molecule has 3 nitrogen and oxygen atoms in total. The first kappa shape index (κ1) is 13.4. The minimum Gasteiger partial charge on any atom is -0.356 e. The van der Waals surface area contributed by atoms with Gasteiger partial charge < -0.3 is 4.90 Å². The van der Waals surface area contributed by atoms with E-state index in [2.05, 4.69) is 4.90 Å². The number of fused-ring (bicyclic) bond motifs is 1. The number of anilines is 1. The van der Waals surface area contributed by atoms with E-state index in [9.17, 15) is 4.79 Å². The second-order valence-electron chi connectivity index (χ2n) is 5.38. The maximum Gasteiger partial charge on any atom is 0.256 e. The lowest BCUT2D eigenvalue weighted by Gasteiger charge is -2.29. The summed E-state index contributed by atoms with van der Waals surface area (Å²) in [6, 6.07) is 7.92. The first-order valence-corrected chi connectivity index (χ1v) is 7.39. The average Bonchev–Trinajstić information content (AvgIpc) is 2.46. The van der Waals surface area contributed by atoms with Gasteiger partial charge in [0.25, 0.3) is 5.24 Å². The lowest BCUT2D eigenvalue weighted by Crippen LogP contribution is -2.31. The molecule has 1 aliphatic rings. The van der Waals surface area contributed by atoms with Crippen LogP contribution >= 0.6 is 11.6 Å². The van der Waals surface area contributed by atoms with E-state index in [0.717, 1.165) is 42.7 Å². The van der Waals surface area contributed by atoms with Crippen molar-refractivity contribution in [3.05, 3.63) is 35.4 Å². The molecule has 1 saturated heterocycles. The van der Waals surface area contributed by atoms with Gasteiger partial charge in [-0.2, -0.15) is 0 Å². The number of carbonyl (C=O) groups excluding carboxylic acids is 1. The van der Waals surface area contributed by atoms with Gasteiger partial charge in [0.05, 0.1) is 11.1 Å². The zero-order valence-electron chi connectivity index (χ0n) is 11.5. The summed E-state index contributed by atoms with van der Waals surface area (Å²) in [7, 11) is 0. The number of nitrogens with zero attached hydrogens (tertiary/aromatic N) is 2. The van der Waals surface area contributed by atoms with E-state index >= 15 is 0 Å². The number of piperidine rings is 1. The molecule has 2 aromatic rings. The second-order valence-corrected chi connectivity index (χ2v) is 5.72. The van der Waals surface area contributed by atoms with Crippen LogP contribution in [-0.2, 0) is 0 Å². The number of hydrogen-bond donors (Lipinski definition) is 0. The quantitative estimate of drug-likeness (QED) is 0.786. The van der Waals surface area contributed by atoms with Crippen LogP contribution in [0.15, 0.2) is 24.3 Å². The summed E-state index contributed by atoms with van der Waals surface area (Å²) in [5.74, 6) is 0.739. The molecule has 1 aromatic carbocycles. The minimum absolute atomic E-state index is 0.430. The highest BCUT2D eigenvalue weighted by atomic mass is 35.5. The van der Waals surface area contributed by atoms with Crippen molar-refractivity contribution in [2.75, 3.05) is 18.0 Å². The van der Waals surface area contributed by atoms with E-state index in [1.54, 1.807) is 0 Å². The molecule has 0 spiro atoms. The van der Waals surface area contributed by atoms with Crippen molar-refractivity contribution in [2.45, 2.75) is 26.2 Å². The van der Waals surface area contributed by atoms with Crippen molar-refractivity contribution < 1.29 is 4.79 Å². The standard InChI is InChI=1S/C16H17ClN2O/c1-11-5-6-12-10-13(15(17)20)16(18-14(12)9-11)19-7-3-2-4-8-19/h5-6,9-10H,2-4,7-8H2,1H3. The van der Waals surface area contributed by atoms with Gasteiger partial charge in [-0.25, -0.2) is 4.98 Å². The molecule has 1 fully saturated rings. The van der Waals surface area contributed by atoms with Crippen molar-refractivity contribution in [3.8, 4) is 0 Å². The van der Waals surface area contributed by atoms with E-state index < -0.39 is 5.24 Å². The third-order valence-corrected chi connectivity index (χ3v) is 4.02. The van der Waals surface area contributed by atoms with Gasteiger partial charge in [0.2, 0.25) is 0 Å². The molecular weight excluding hydrogens is 272 g/mol. The molecule has 3 rings (SSSR count). The van der Waals surface area contributed by atoms with Gasteiger partial charge in [-0.05, 0) is 55.5 Å². The number of benzene rings is 1. The molecule has 0 aliphatic carbocycles. The van der Waals surface area contributed by atoms with Crippen LogP contribution in [0.4, 0.5) is 5.82 Å². The lowest BCUT2D eigenvalue weighted by atomic mass is 10.1. The molecule has 0 saturated carbocycles. The predicted molar refractivity (Wildman–Crippen MR) is 82.7 cm³/mol. The fraction of sp³-hybridized carbons (Fsp3) is 0.375. The van der Waals surface area contributed by atoms with E-state index in [1.807, 2.05) is 31.2 Å². The Morgan fingerprint density at radius 2 is 1.95 bits per heavy atom. The molecule has 2 heterocycles. The minimum atomic E-state index is -0.430. The third-order valence-electron chi connectivity index (χ3n) is 3.82. The topological polar surface area (TPSA) is 33.2 Å². The molecule has 104 valence electrons. The van der Waals surface area contributed by atoms with Crippen molar-refractivity contribution in [2.24, 2.45) is 0 Å². The van der Waals surface area contributed by atoms with Crippen LogP contribution in [0.1, 0.15) is 35.2 Å². The molecule has 1 aromatic heterocycles. The number of hydrogen-bond acceptors (Lipinski definition) is 3. The Hall–Kier alpha value is -1.61. The summed E-state index contributed by atoms with van der Waals surface area (Å²) in [6.45, 7) is 3.94. The Balaban J connectivity index is 2.16. The molecule has 4 heteroatoms. The van der Waals surface area contributed by atoms with Crippen LogP contribution in [0.5, 0.6) is 0 Å². The average molecular weight is 289 g/mol. The third kappa shape index (κ3) is 2.50. The summed E-state index contributed by atoms with van der Waals surface area (Å²) in [6.07, 6.45) is 3.53. The maximum atomic E-state index is 11.7. The van der Waals surface area contributed by atoms with E-state index in [0.29, 0.717) is 5.56 Å². The summed E-state index contributed by atoms with van der Waals surface area (Å²) >= 11 is 5.75. The smallest absolute Gasteiger partial charge is 0.256 e. The number of pyridine rings is 1. The van der Waals surface area contributed by atoms with Crippen LogP contribution in [-0.4, -0.2) is 23.3 Å². The zero-order valence-corrected chi connectivity index (χ0v) is 12.3. The van der Waals surface area contributed by atoms with Gasteiger partial charge >= 0.3 is 0 Å². The fourth-order valence-corrected chi connectivity index (χ4v) is 2.90. The number of aromatic nitrogens is 1. The van der Waals surface area contributed by atoms with Gasteiger partial charge in [-0.1, -0.05) is 12.1 Å². The Labute approximate surface area is 123 Å². The van der Waals surface area contributed by atoms with Gasteiger partial charge in [0.15, 0.2) is 0 Å². The highest BCUT2D eigenvalue weighted by Crippen LogP contribution is 2.27. The van der Waals surface area contributed by atoms with Crippen molar-refractivity contribution in [1.82, 2.24) is 4.98 Å². The van der Waals surface area contributed by atoms with Gasteiger partial charge in [-0.15, -0.1) is 0 Å².